The third kappa shape index (κ3) is 6.62. The van der Waals surface area contributed by atoms with Crippen LogP contribution in [-0.4, -0.2) is 32.2 Å². The van der Waals surface area contributed by atoms with Gasteiger partial charge in [-0.15, -0.1) is 0 Å². The van der Waals surface area contributed by atoms with E-state index < -0.39 is 34.0 Å². The molecule has 0 spiro atoms. The third-order valence-corrected chi connectivity index (χ3v) is 8.41. The lowest BCUT2D eigenvalue weighted by Gasteiger charge is -2.39. The lowest BCUT2D eigenvalue weighted by atomic mass is 9.68. The zero-order chi connectivity index (χ0) is 25.7. The maximum atomic E-state index is 13.5. The summed E-state index contributed by atoms with van der Waals surface area (Å²) < 4.78 is 37.7. The highest BCUT2D eigenvalue weighted by atomic mass is 79.9. The first kappa shape index (κ1) is 26.5. The molecule has 36 heavy (non-hydrogen) atoms. The molecule has 0 bridgehead atoms. The smallest absolute Gasteiger partial charge is 0.310 e. The van der Waals surface area contributed by atoms with Crippen LogP contribution >= 0.6 is 15.9 Å². The van der Waals surface area contributed by atoms with Crippen molar-refractivity contribution in [1.29, 1.82) is 0 Å². The van der Waals surface area contributed by atoms with Crippen molar-refractivity contribution in [2.45, 2.75) is 43.3 Å². The number of aliphatic hydroxyl groups is 1. The van der Waals surface area contributed by atoms with E-state index >= 15 is 0 Å². The van der Waals surface area contributed by atoms with Crippen LogP contribution in [0.1, 0.15) is 35.4 Å². The molecule has 0 amide bonds. The Morgan fingerprint density at radius 3 is 2.31 bits per heavy atom. The Balaban J connectivity index is 1.58. The number of hydrogen-bond donors (Lipinski definition) is 1. The maximum absolute atomic E-state index is 13.5. The molecular formula is C28H29BrO6S. The molecule has 0 heterocycles. The van der Waals surface area contributed by atoms with E-state index in [1.165, 1.54) is 12.1 Å². The van der Waals surface area contributed by atoms with Gasteiger partial charge in [0.05, 0.1) is 23.5 Å². The van der Waals surface area contributed by atoms with Crippen molar-refractivity contribution < 1.29 is 27.2 Å². The Morgan fingerprint density at radius 2 is 1.64 bits per heavy atom. The maximum Gasteiger partial charge on any atom is 0.310 e. The molecule has 0 unspecified atom stereocenters. The second-order valence-corrected chi connectivity index (χ2v) is 11.7. The summed E-state index contributed by atoms with van der Waals surface area (Å²) in [5.41, 5.74) is 2.67. The quantitative estimate of drug-likeness (QED) is 0.288. The minimum atomic E-state index is -4.03. The number of benzene rings is 3. The highest BCUT2D eigenvalue weighted by Crippen LogP contribution is 2.43. The van der Waals surface area contributed by atoms with Gasteiger partial charge in [0.15, 0.2) is 0 Å². The lowest BCUT2D eigenvalue weighted by molar-refractivity contribution is -0.156. The molecule has 0 radical (unpaired) electrons. The van der Waals surface area contributed by atoms with Gasteiger partial charge in [-0.2, -0.15) is 8.42 Å². The van der Waals surface area contributed by atoms with Crippen LogP contribution in [0.25, 0.3) is 0 Å². The number of rotatable bonds is 8. The van der Waals surface area contributed by atoms with E-state index in [0.717, 1.165) is 21.2 Å². The van der Waals surface area contributed by atoms with Crippen molar-refractivity contribution in [1.82, 2.24) is 0 Å². The highest BCUT2D eigenvalue weighted by Gasteiger charge is 2.44. The standard InChI is InChI=1S/C28H29BrO6S/c1-19-7-13-25(14-8-19)36(32,33)35-18-22-15-24(30)16-26(21-9-11-23(29)12-10-21)27(22)28(31)34-17-20-5-3-2-4-6-20/h2-14,22,24,26-27,30H,15-18H2,1H3/t22-,24-,26+,27-/m0/s1. The van der Waals surface area contributed by atoms with E-state index in [9.17, 15) is 18.3 Å². The second-order valence-electron chi connectivity index (χ2n) is 9.21. The molecule has 3 aromatic rings. The number of ether oxygens (including phenoxy) is 1. The number of carbonyl (C=O) groups excluding carboxylic acids is 1. The van der Waals surface area contributed by atoms with E-state index in [4.69, 9.17) is 8.92 Å². The largest absolute Gasteiger partial charge is 0.461 e. The normalized spacial score (nSPS) is 22.2. The number of carbonyl (C=O) groups is 1. The van der Waals surface area contributed by atoms with Gasteiger partial charge in [-0.25, -0.2) is 0 Å². The van der Waals surface area contributed by atoms with Gasteiger partial charge in [0.1, 0.15) is 6.61 Å². The summed E-state index contributed by atoms with van der Waals surface area (Å²) in [6.45, 7) is 1.75. The summed E-state index contributed by atoms with van der Waals surface area (Å²) in [4.78, 5) is 13.5. The predicted molar refractivity (Wildman–Crippen MR) is 140 cm³/mol. The molecule has 0 aromatic heterocycles. The second kappa shape index (κ2) is 11.7. The van der Waals surface area contributed by atoms with Crippen LogP contribution in [0.5, 0.6) is 0 Å². The van der Waals surface area contributed by atoms with Gasteiger partial charge in [-0.3, -0.25) is 8.98 Å². The minimum absolute atomic E-state index is 0.0529. The molecular weight excluding hydrogens is 544 g/mol. The van der Waals surface area contributed by atoms with Gasteiger partial charge in [0.25, 0.3) is 10.1 Å². The molecule has 3 aromatic carbocycles. The van der Waals surface area contributed by atoms with Crippen LogP contribution in [0.2, 0.25) is 0 Å². The van der Waals surface area contributed by atoms with Crippen molar-refractivity contribution in [2.75, 3.05) is 6.61 Å². The molecule has 6 nitrogen and oxygen atoms in total. The summed E-state index contributed by atoms with van der Waals surface area (Å²) >= 11 is 3.43. The van der Waals surface area contributed by atoms with Crippen molar-refractivity contribution in [3.8, 4) is 0 Å². The first-order valence-electron chi connectivity index (χ1n) is 11.8. The van der Waals surface area contributed by atoms with Crippen molar-refractivity contribution in [2.24, 2.45) is 11.8 Å². The monoisotopic (exact) mass is 572 g/mol. The molecule has 1 saturated carbocycles. The van der Waals surface area contributed by atoms with Crippen LogP contribution in [0.3, 0.4) is 0 Å². The van der Waals surface area contributed by atoms with E-state index in [-0.39, 0.29) is 30.4 Å². The molecule has 1 N–H and O–H groups in total. The van der Waals surface area contributed by atoms with Gasteiger partial charge in [-0.1, -0.05) is 76.1 Å². The summed E-state index contributed by atoms with van der Waals surface area (Å²) in [6.07, 6.45) is -0.0947. The van der Waals surface area contributed by atoms with Crippen molar-refractivity contribution in [3.63, 3.8) is 0 Å². The first-order chi connectivity index (χ1) is 17.2. The Morgan fingerprint density at radius 1 is 0.972 bits per heavy atom. The molecule has 1 aliphatic carbocycles. The molecule has 4 atom stereocenters. The first-order valence-corrected chi connectivity index (χ1v) is 14.0. The fourth-order valence-corrected chi connectivity index (χ4v) is 5.94. The fourth-order valence-electron chi connectivity index (χ4n) is 4.72. The van der Waals surface area contributed by atoms with Gasteiger partial charge in [0.2, 0.25) is 0 Å². The van der Waals surface area contributed by atoms with Crippen molar-refractivity contribution in [3.05, 3.63) is 100 Å². The van der Waals surface area contributed by atoms with E-state index in [1.807, 2.05) is 61.5 Å². The molecule has 0 aliphatic heterocycles. The number of halogens is 1. The highest BCUT2D eigenvalue weighted by molar-refractivity contribution is 9.10. The average molecular weight is 574 g/mol. The van der Waals surface area contributed by atoms with E-state index in [2.05, 4.69) is 15.9 Å². The molecule has 1 fully saturated rings. The number of hydrogen-bond acceptors (Lipinski definition) is 6. The van der Waals surface area contributed by atoms with Crippen LogP contribution < -0.4 is 0 Å². The third-order valence-electron chi connectivity index (χ3n) is 6.58. The number of aryl methyl sites for hydroxylation is 1. The van der Waals surface area contributed by atoms with Crippen LogP contribution in [0.4, 0.5) is 0 Å². The molecule has 8 heteroatoms. The summed E-state index contributed by atoms with van der Waals surface area (Å²) in [5, 5.41) is 10.7. The SMILES string of the molecule is Cc1ccc(S(=O)(=O)OC[C@@H]2C[C@H](O)C[C@H](c3ccc(Br)cc3)[C@H]2C(=O)OCc2ccccc2)cc1. The average Bonchev–Trinajstić information content (AvgIpc) is 2.87. The van der Waals surface area contributed by atoms with E-state index in [1.54, 1.807) is 12.1 Å². The van der Waals surface area contributed by atoms with Crippen LogP contribution in [0, 0.1) is 18.8 Å². The Bertz CT molecular complexity index is 1260. The fraction of sp³-hybridized carbons (Fsp3) is 0.321. The lowest BCUT2D eigenvalue weighted by Crippen LogP contribution is -2.41. The summed E-state index contributed by atoms with van der Waals surface area (Å²) in [5.74, 6) is -2.00. The molecule has 190 valence electrons. The predicted octanol–water partition coefficient (Wildman–Crippen LogP) is 5.38. The van der Waals surface area contributed by atoms with E-state index in [0.29, 0.717) is 6.42 Å². The van der Waals surface area contributed by atoms with Gasteiger partial charge >= 0.3 is 5.97 Å². The zero-order valence-electron chi connectivity index (χ0n) is 19.9. The minimum Gasteiger partial charge on any atom is -0.461 e. The van der Waals surface area contributed by atoms with Crippen LogP contribution in [0.15, 0.2) is 88.2 Å². The van der Waals surface area contributed by atoms with Crippen LogP contribution in [-0.2, 0) is 30.4 Å². The Hall–Kier alpha value is -2.52. The van der Waals surface area contributed by atoms with Gasteiger partial charge in [0, 0.05) is 10.4 Å². The Labute approximate surface area is 220 Å². The summed E-state index contributed by atoms with van der Waals surface area (Å²) in [7, 11) is -4.03. The van der Waals surface area contributed by atoms with Gasteiger partial charge < -0.3 is 9.84 Å². The van der Waals surface area contributed by atoms with Crippen molar-refractivity contribution >= 4 is 32.0 Å². The molecule has 1 aliphatic rings. The number of esters is 1. The number of aliphatic hydroxyl groups excluding tert-OH is 1. The summed E-state index contributed by atoms with van der Waals surface area (Å²) in [6, 6.07) is 23.4. The zero-order valence-corrected chi connectivity index (χ0v) is 22.3. The topological polar surface area (TPSA) is 89.9 Å². The molecule has 0 saturated heterocycles. The molecule has 4 rings (SSSR count). The van der Waals surface area contributed by atoms with Gasteiger partial charge in [-0.05, 0) is 61.1 Å². The Kier molecular flexibility index (Phi) is 8.62.